The average Bonchev–Trinajstić information content (AvgIpc) is 3.18. The average molecular weight is 269 g/mol. The van der Waals surface area contributed by atoms with Gasteiger partial charge in [0, 0.05) is 24.2 Å². The van der Waals surface area contributed by atoms with Crippen LogP contribution >= 0.6 is 11.6 Å². The highest BCUT2D eigenvalue weighted by Gasteiger charge is 2.19. The zero-order valence-corrected chi connectivity index (χ0v) is 11.1. The molecule has 0 spiro atoms. The maximum absolute atomic E-state index is 12.0. The first-order chi connectivity index (χ1) is 8.70. The highest BCUT2D eigenvalue weighted by atomic mass is 35.5. The monoisotopic (exact) mass is 268 g/mol. The smallest absolute Gasteiger partial charge is 0.255 e. The highest BCUT2D eigenvalue weighted by molar-refractivity contribution is 6.31. The molecule has 1 fully saturated rings. The zero-order valence-electron chi connectivity index (χ0n) is 10.3. The topological polar surface area (TPSA) is 50.4 Å². The molecule has 1 saturated carbocycles. The van der Waals surface area contributed by atoms with Gasteiger partial charge >= 0.3 is 0 Å². The second-order valence-electron chi connectivity index (χ2n) is 4.33. The Hall–Kier alpha value is -1.26. The molecule has 1 aliphatic rings. The van der Waals surface area contributed by atoms with E-state index in [1.807, 2.05) is 0 Å². The Morgan fingerprint density at radius 2 is 2.22 bits per heavy atom. The number of benzene rings is 1. The van der Waals surface area contributed by atoms with Crippen molar-refractivity contribution in [2.24, 2.45) is 0 Å². The predicted octanol–water partition coefficient (Wildman–Crippen LogP) is 1.83. The van der Waals surface area contributed by atoms with E-state index >= 15 is 0 Å². The molecule has 4 nitrogen and oxygen atoms in total. The van der Waals surface area contributed by atoms with Gasteiger partial charge < -0.3 is 15.4 Å². The molecule has 5 heteroatoms. The third-order valence-electron chi connectivity index (χ3n) is 2.83. The Morgan fingerprint density at radius 1 is 1.44 bits per heavy atom. The summed E-state index contributed by atoms with van der Waals surface area (Å²) in [5.74, 6) is 0.374. The second kappa shape index (κ2) is 6.07. The number of nitrogens with one attached hydrogen (secondary N) is 2. The van der Waals surface area contributed by atoms with E-state index in [1.165, 1.54) is 20.0 Å². The van der Waals surface area contributed by atoms with Gasteiger partial charge in [-0.05, 0) is 31.0 Å². The van der Waals surface area contributed by atoms with Gasteiger partial charge in [-0.25, -0.2) is 0 Å². The largest absolute Gasteiger partial charge is 0.496 e. The normalized spacial score (nSPS) is 14.3. The first-order valence-corrected chi connectivity index (χ1v) is 6.43. The first kappa shape index (κ1) is 13.2. The Kier molecular flexibility index (Phi) is 4.44. The Morgan fingerprint density at radius 3 is 2.89 bits per heavy atom. The zero-order chi connectivity index (χ0) is 13.0. The maximum Gasteiger partial charge on any atom is 0.255 e. The lowest BCUT2D eigenvalue weighted by Crippen LogP contribution is -2.32. The van der Waals surface area contributed by atoms with E-state index in [2.05, 4.69) is 10.6 Å². The molecule has 0 unspecified atom stereocenters. The number of ether oxygens (including phenoxy) is 1. The molecule has 0 heterocycles. The van der Waals surface area contributed by atoms with Crippen LogP contribution in [0.5, 0.6) is 5.75 Å². The lowest BCUT2D eigenvalue weighted by atomic mass is 10.2. The van der Waals surface area contributed by atoms with Gasteiger partial charge in [0.05, 0.1) is 12.7 Å². The summed E-state index contributed by atoms with van der Waals surface area (Å²) in [5, 5.41) is 6.70. The van der Waals surface area contributed by atoms with Crippen LogP contribution in [0.3, 0.4) is 0 Å². The van der Waals surface area contributed by atoms with Crippen LogP contribution in [0.4, 0.5) is 0 Å². The summed E-state index contributed by atoms with van der Waals surface area (Å²) in [6.45, 7) is 1.39. The molecule has 1 amide bonds. The minimum absolute atomic E-state index is 0.160. The molecule has 0 aliphatic heterocycles. The van der Waals surface area contributed by atoms with E-state index in [9.17, 15) is 4.79 Å². The fourth-order valence-corrected chi connectivity index (χ4v) is 1.86. The summed E-state index contributed by atoms with van der Waals surface area (Å²) >= 11 is 5.88. The van der Waals surface area contributed by atoms with Gasteiger partial charge in [-0.2, -0.15) is 0 Å². The van der Waals surface area contributed by atoms with Crippen molar-refractivity contribution in [1.82, 2.24) is 10.6 Å². The molecule has 18 heavy (non-hydrogen) atoms. The van der Waals surface area contributed by atoms with Crippen molar-refractivity contribution in [3.05, 3.63) is 28.8 Å². The standard InChI is InChI=1S/C13H17ClN2O2/c1-18-12-5-2-9(14)8-11(12)13(17)16-7-6-15-10-3-4-10/h2,5,8,10,15H,3-4,6-7H2,1H3,(H,16,17). The summed E-state index contributed by atoms with van der Waals surface area (Å²) in [6, 6.07) is 5.66. The summed E-state index contributed by atoms with van der Waals surface area (Å²) in [7, 11) is 1.54. The fraction of sp³-hybridized carbons (Fsp3) is 0.462. The highest BCUT2D eigenvalue weighted by Crippen LogP contribution is 2.22. The number of amides is 1. The Bertz CT molecular complexity index is 433. The van der Waals surface area contributed by atoms with Gasteiger partial charge in [-0.3, -0.25) is 4.79 Å². The van der Waals surface area contributed by atoms with Gasteiger partial charge in [0.1, 0.15) is 5.75 Å². The van der Waals surface area contributed by atoms with Crippen molar-refractivity contribution < 1.29 is 9.53 Å². The molecule has 1 aliphatic carbocycles. The van der Waals surface area contributed by atoms with Crippen LogP contribution in [0.1, 0.15) is 23.2 Å². The van der Waals surface area contributed by atoms with E-state index in [0.29, 0.717) is 28.9 Å². The lowest BCUT2D eigenvalue weighted by Gasteiger charge is -2.10. The second-order valence-corrected chi connectivity index (χ2v) is 4.77. The molecule has 2 N–H and O–H groups in total. The summed E-state index contributed by atoms with van der Waals surface area (Å²) < 4.78 is 5.14. The summed E-state index contributed by atoms with van der Waals surface area (Å²) in [6.07, 6.45) is 2.49. The van der Waals surface area contributed by atoms with Crippen LogP contribution in [-0.4, -0.2) is 32.1 Å². The van der Waals surface area contributed by atoms with Gasteiger partial charge in [-0.15, -0.1) is 0 Å². The summed E-state index contributed by atoms with van der Waals surface area (Å²) in [5.41, 5.74) is 0.469. The van der Waals surface area contributed by atoms with Crippen molar-refractivity contribution in [2.45, 2.75) is 18.9 Å². The van der Waals surface area contributed by atoms with E-state index < -0.39 is 0 Å². The van der Waals surface area contributed by atoms with Crippen LogP contribution in [0, 0.1) is 0 Å². The predicted molar refractivity (Wildman–Crippen MR) is 71.4 cm³/mol. The third-order valence-corrected chi connectivity index (χ3v) is 3.06. The molecule has 2 rings (SSSR count). The molecule has 0 atom stereocenters. The van der Waals surface area contributed by atoms with Crippen molar-refractivity contribution in [3.63, 3.8) is 0 Å². The number of hydrogen-bond acceptors (Lipinski definition) is 3. The van der Waals surface area contributed by atoms with Crippen LogP contribution in [0.2, 0.25) is 5.02 Å². The number of carbonyl (C=O) groups is 1. The molecule has 0 aromatic heterocycles. The lowest BCUT2D eigenvalue weighted by molar-refractivity contribution is 0.0951. The van der Waals surface area contributed by atoms with Crippen LogP contribution < -0.4 is 15.4 Å². The molecule has 1 aromatic rings. The van der Waals surface area contributed by atoms with E-state index in [1.54, 1.807) is 18.2 Å². The number of carbonyl (C=O) groups excluding carboxylic acids is 1. The third kappa shape index (κ3) is 3.62. The number of hydrogen-bond donors (Lipinski definition) is 2. The minimum Gasteiger partial charge on any atom is -0.496 e. The minimum atomic E-state index is -0.160. The maximum atomic E-state index is 12.0. The van der Waals surface area contributed by atoms with Crippen LogP contribution in [-0.2, 0) is 0 Å². The van der Waals surface area contributed by atoms with Gasteiger partial charge in [0.25, 0.3) is 5.91 Å². The van der Waals surface area contributed by atoms with E-state index in [-0.39, 0.29) is 5.91 Å². The first-order valence-electron chi connectivity index (χ1n) is 6.06. The van der Waals surface area contributed by atoms with Crippen molar-refractivity contribution in [2.75, 3.05) is 20.2 Å². The SMILES string of the molecule is COc1ccc(Cl)cc1C(=O)NCCNC1CC1. The Labute approximate surface area is 112 Å². The quantitative estimate of drug-likeness (QED) is 0.774. The molecule has 0 saturated heterocycles. The van der Waals surface area contributed by atoms with Crippen LogP contribution in [0.15, 0.2) is 18.2 Å². The molecule has 1 aromatic carbocycles. The van der Waals surface area contributed by atoms with Crippen molar-refractivity contribution in [1.29, 1.82) is 0 Å². The molecular weight excluding hydrogens is 252 g/mol. The van der Waals surface area contributed by atoms with E-state index in [4.69, 9.17) is 16.3 Å². The Balaban J connectivity index is 1.88. The molecule has 98 valence electrons. The molecule has 0 bridgehead atoms. The fourth-order valence-electron chi connectivity index (χ4n) is 1.69. The number of rotatable bonds is 6. The number of methoxy groups -OCH3 is 1. The van der Waals surface area contributed by atoms with Gasteiger partial charge in [-0.1, -0.05) is 11.6 Å². The molecular formula is C13H17ClN2O2. The molecule has 0 radical (unpaired) electrons. The van der Waals surface area contributed by atoms with Crippen LogP contribution in [0.25, 0.3) is 0 Å². The van der Waals surface area contributed by atoms with Gasteiger partial charge in [0.15, 0.2) is 0 Å². The summed E-state index contributed by atoms with van der Waals surface area (Å²) in [4.78, 5) is 12.0. The number of halogens is 1. The van der Waals surface area contributed by atoms with E-state index in [0.717, 1.165) is 6.54 Å². The van der Waals surface area contributed by atoms with Crippen molar-refractivity contribution >= 4 is 17.5 Å². The van der Waals surface area contributed by atoms with Crippen molar-refractivity contribution in [3.8, 4) is 5.75 Å². The van der Waals surface area contributed by atoms with Gasteiger partial charge in [0.2, 0.25) is 0 Å².